The maximum atomic E-state index is 10.2. The fourth-order valence-electron chi connectivity index (χ4n) is 3.93. The molecule has 1 saturated carbocycles. The number of thiazole rings is 1. The van der Waals surface area contributed by atoms with Crippen molar-refractivity contribution in [3.8, 4) is 11.3 Å². The van der Waals surface area contributed by atoms with E-state index in [1.54, 1.807) is 16.0 Å². The van der Waals surface area contributed by atoms with Crippen LogP contribution in [0, 0.1) is 0 Å². The van der Waals surface area contributed by atoms with Crippen LogP contribution in [0.25, 0.3) is 21.5 Å². The minimum absolute atomic E-state index is 0.112. The van der Waals surface area contributed by atoms with Crippen LogP contribution in [0.15, 0.2) is 43.1 Å². The van der Waals surface area contributed by atoms with Gasteiger partial charge in [-0.05, 0) is 30.5 Å². The van der Waals surface area contributed by atoms with Crippen molar-refractivity contribution in [3.05, 3.63) is 48.7 Å². The molecule has 8 heteroatoms. The second-order valence-electron chi connectivity index (χ2n) is 7.76. The monoisotopic (exact) mass is 408 g/mol. The van der Waals surface area contributed by atoms with Crippen LogP contribution >= 0.6 is 11.3 Å². The molecule has 150 valence electrons. The van der Waals surface area contributed by atoms with Crippen LogP contribution in [0.1, 0.15) is 31.2 Å². The first-order valence-corrected chi connectivity index (χ1v) is 10.8. The molecule has 4 aromatic rings. The SMILES string of the molecule is Cn1cc(-c2cn(Cc3ccc4nc(N[C@@H]5CCCC[C@@H]5O)sc4c3)cn2)cn1. The molecule has 2 N–H and O–H groups in total. The highest BCUT2D eigenvalue weighted by molar-refractivity contribution is 7.22. The van der Waals surface area contributed by atoms with Gasteiger partial charge >= 0.3 is 0 Å². The topological polar surface area (TPSA) is 80.8 Å². The average molecular weight is 409 g/mol. The number of benzene rings is 1. The van der Waals surface area contributed by atoms with Crippen LogP contribution in [0.5, 0.6) is 0 Å². The Balaban J connectivity index is 1.32. The van der Waals surface area contributed by atoms with E-state index >= 15 is 0 Å². The van der Waals surface area contributed by atoms with Crippen molar-refractivity contribution in [1.82, 2.24) is 24.3 Å². The van der Waals surface area contributed by atoms with Gasteiger partial charge in [-0.3, -0.25) is 4.68 Å². The van der Waals surface area contributed by atoms with E-state index in [1.165, 1.54) is 5.56 Å². The number of nitrogens with zero attached hydrogens (tertiary/aromatic N) is 5. The van der Waals surface area contributed by atoms with Gasteiger partial charge in [-0.1, -0.05) is 30.2 Å². The number of aromatic nitrogens is 5. The number of fused-ring (bicyclic) bond motifs is 1. The van der Waals surface area contributed by atoms with Gasteiger partial charge in [0.2, 0.25) is 0 Å². The summed E-state index contributed by atoms with van der Waals surface area (Å²) in [7, 11) is 1.91. The lowest BCUT2D eigenvalue weighted by atomic mass is 9.93. The average Bonchev–Trinajstić information content (AvgIpc) is 3.43. The Hall–Kier alpha value is -2.71. The molecule has 0 radical (unpaired) electrons. The Morgan fingerprint density at radius 3 is 2.97 bits per heavy atom. The van der Waals surface area contributed by atoms with Gasteiger partial charge in [0.1, 0.15) is 0 Å². The zero-order chi connectivity index (χ0) is 19.8. The van der Waals surface area contributed by atoms with Crippen LogP contribution in [0.4, 0.5) is 5.13 Å². The first-order chi connectivity index (χ1) is 14.1. The summed E-state index contributed by atoms with van der Waals surface area (Å²) < 4.78 is 5.02. The molecule has 3 aromatic heterocycles. The van der Waals surface area contributed by atoms with Crippen LogP contribution < -0.4 is 5.32 Å². The quantitative estimate of drug-likeness (QED) is 0.527. The van der Waals surface area contributed by atoms with Gasteiger partial charge in [0.15, 0.2) is 5.13 Å². The summed E-state index contributed by atoms with van der Waals surface area (Å²) >= 11 is 1.65. The van der Waals surface area contributed by atoms with Crippen molar-refractivity contribution in [2.75, 3.05) is 5.32 Å². The number of aryl methyl sites for hydroxylation is 1. The van der Waals surface area contributed by atoms with Crippen LogP contribution in [0.2, 0.25) is 0 Å². The van der Waals surface area contributed by atoms with Gasteiger partial charge in [-0.15, -0.1) is 0 Å². The van der Waals surface area contributed by atoms with Crippen molar-refractivity contribution >= 4 is 26.7 Å². The van der Waals surface area contributed by atoms with Gasteiger partial charge in [0, 0.05) is 31.5 Å². The summed E-state index contributed by atoms with van der Waals surface area (Å²) in [6.45, 7) is 0.755. The molecule has 1 fully saturated rings. The zero-order valence-electron chi connectivity index (χ0n) is 16.3. The molecule has 1 aliphatic rings. The van der Waals surface area contributed by atoms with E-state index in [4.69, 9.17) is 4.98 Å². The molecule has 2 atom stereocenters. The number of aliphatic hydroxyl groups excluding tert-OH is 1. The van der Waals surface area contributed by atoms with E-state index in [1.807, 2.05) is 32.0 Å². The Morgan fingerprint density at radius 1 is 1.24 bits per heavy atom. The third-order valence-electron chi connectivity index (χ3n) is 5.49. The summed E-state index contributed by atoms with van der Waals surface area (Å²) in [6, 6.07) is 6.49. The molecule has 0 saturated heterocycles. The molecule has 29 heavy (non-hydrogen) atoms. The van der Waals surface area contributed by atoms with E-state index < -0.39 is 0 Å². The Bertz CT molecular complexity index is 1130. The molecule has 3 heterocycles. The van der Waals surface area contributed by atoms with E-state index in [0.29, 0.717) is 0 Å². The van der Waals surface area contributed by atoms with E-state index in [0.717, 1.165) is 58.8 Å². The van der Waals surface area contributed by atoms with Crippen molar-refractivity contribution < 1.29 is 5.11 Å². The van der Waals surface area contributed by atoms with E-state index in [2.05, 4.69) is 38.2 Å². The molecule has 0 unspecified atom stereocenters. The van der Waals surface area contributed by atoms with Crippen molar-refractivity contribution in [2.45, 2.75) is 44.4 Å². The van der Waals surface area contributed by atoms with Gasteiger partial charge in [0.25, 0.3) is 0 Å². The van der Waals surface area contributed by atoms with Gasteiger partial charge in [-0.2, -0.15) is 5.10 Å². The molecule has 1 aliphatic carbocycles. The number of anilines is 1. The summed E-state index contributed by atoms with van der Waals surface area (Å²) in [5.41, 5.74) is 4.15. The summed E-state index contributed by atoms with van der Waals surface area (Å²) in [5.74, 6) is 0. The first kappa shape index (κ1) is 18.3. The van der Waals surface area contributed by atoms with Crippen molar-refractivity contribution in [1.29, 1.82) is 0 Å². The van der Waals surface area contributed by atoms with Crippen LogP contribution in [-0.4, -0.2) is 41.6 Å². The lowest BCUT2D eigenvalue weighted by Gasteiger charge is -2.27. The molecule has 0 aliphatic heterocycles. The minimum atomic E-state index is -0.276. The van der Waals surface area contributed by atoms with Crippen molar-refractivity contribution in [2.24, 2.45) is 7.05 Å². The molecular formula is C21H24N6OS. The number of aliphatic hydroxyl groups is 1. The molecule has 5 rings (SSSR count). The van der Waals surface area contributed by atoms with Crippen molar-refractivity contribution in [3.63, 3.8) is 0 Å². The van der Waals surface area contributed by atoms with E-state index in [9.17, 15) is 5.11 Å². The molecule has 0 spiro atoms. The number of imidazole rings is 1. The summed E-state index contributed by atoms with van der Waals surface area (Å²) in [6.07, 6.45) is 11.6. The van der Waals surface area contributed by atoms with Crippen LogP contribution in [0.3, 0.4) is 0 Å². The highest BCUT2D eigenvalue weighted by atomic mass is 32.1. The maximum Gasteiger partial charge on any atom is 0.184 e. The van der Waals surface area contributed by atoms with Gasteiger partial charge in [0.05, 0.1) is 40.6 Å². The standard InChI is InChI=1S/C21H24N6OS/c1-26-11-15(9-23-26)18-12-27(13-22-18)10-14-6-7-17-20(8-14)29-21(25-17)24-16-4-2-3-5-19(16)28/h6-9,11-13,16,19,28H,2-5,10H2,1H3,(H,24,25)/t16-,19+/m1/s1. The third kappa shape index (κ3) is 3.90. The molecule has 1 aromatic carbocycles. The fraction of sp³-hybridized carbons (Fsp3) is 0.381. The highest BCUT2D eigenvalue weighted by Crippen LogP contribution is 2.30. The normalized spacial score (nSPS) is 19.7. The van der Waals surface area contributed by atoms with E-state index in [-0.39, 0.29) is 12.1 Å². The number of nitrogens with one attached hydrogen (secondary N) is 1. The predicted octanol–water partition coefficient (Wildman–Crippen LogP) is 3.66. The molecule has 0 bridgehead atoms. The van der Waals surface area contributed by atoms with Gasteiger partial charge < -0.3 is 15.0 Å². The lowest BCUT2D eigenvalue weighted by molar-refractivity contribution is 0.116. The number of hydrogen-bond donors (Lipinski definition) is 2. The summed E-state index contributed by atoms with van der Waals surface area (Å²) in [5, 5.41) is 18.7. The minimum Gasteiger partial charge on any atom is -0.391 e. The second kappa shape index (κ2) is 7.61. The molecule has 7 nitrogen and oxygen atoms in total. The maximum absolute atomic E-state index is 10.2. The van der Waals surface area contributed by atoms with Crippen LogP contribution in [-0.2, 0) is 13.6 Å². The number of hydrogen-bond acceptors (Lipinski definition) is 6. The predicted molar refractivity (Wildman–Crippen MR) is 115 cm³/mol. The Kier molecular flexibility index (Phi) is 4.81. The zero-order valence-corrected chi connectivity index (χ0v) is 17.1. The number of rotatable bonds is 5. The first-order valence-electron chi connectivity index (χ1n) is 9.99. The molecular weight excluding hydrogens is 384 g/mol. The Labute approximate surface area is 173 Å². The molecule has 0 amide bonds. The second-order valence-corrected chi connectivity index (χ2v) is 8.79. The third-order valence-corrected chi connectivity index (χ3v) is 6.44. The van der Waals surface area contributed by atoms with Gasteiger partial charge in [-0.25, -0.2) is 9.97 Å². The lowest BCUT2D eigenvalue weighted by Crippen LogP contribution is -2.36. The smallest absolute Gasteiger partial charge is 0.184 e. The highest BCUT2D eigenvalue weighted by Gasteiger charge is 2.23. The Morgan fingerprint density at radius 2 is 2.14 bits per heavy atom. The fourth-order valence-corrected chi connectivity index (χ4v) is 4.92. The largest absolute Gasteiger partial charge is 0.391 e. The summed E-state index contributed by atoms with van der Waals surface area (Å²) in [4.78, 5) is 9.20.